The summed E-state index contributed by atoms with van der Waals surface area (Å²) < 4.78 is 5.06. The molecule has 6 heteroatoms. The van der Waals surface area contributed by atoms with Gasteiger partial charge in [0, 0.05) is 13.1 Å². The lowest BCUT2D eigenvalue weighted by atomic mass is 10.2. The normalized spacial score (nSPS) is 9.68. The van der Waals surface area contributed by atoms with E-state index in [2.05, 4.69) is 10.3 Å². The fourth-order valence-electron chi connectivity index (χ4n) is 1.41. The predicted octanol–water partition coefficient (Wildman–Crippen LogP) is 0.966. The van der Waals surface area contributed by atoms with E-state index in [0.29, 0.717) is 13.1 Å². The van der Waals surface area contributed by atoms with Crippen LogP contribution >= 0.6 is 0 Å². The Morgan fingerprint density at radius 1 is 1.21 bits per heavy atom. The number of nitrogens with one attached hydrogen (secondary N) is 1. The number of nitrogens with zero attached hydrogens (tertiary/aromatic N) is 1. The van der Waals surface area contributed by atoms with Gasteiger partial charge in [-0.2, -0.15) is 0 Å². The first-order chi connectivity index (χ1) is 9.18. The maximum absolute atomic E-state index is 11.4. The quantitative estimate of drug-likeness (QED) is 0.388. The summed E-state index contributed by atoms with van der Waals surface area (Å²) in [6.45, 7) is 1.40. The van der Waals surface area contributed by atoms with E-state index < -0.39 is 6.09 Å². The van der Waals surface area contributed by atoms with Crippen molar-refractivity contribution >= 4 is 12.1 Å². The van der Waals surface area contributed by atoms with E-state index in [1.165, 1.54) is 0 Å². The van der Waals surface area contributed by atoms with Gasteiger partial charge < -0.3 is 21.5 Å². The molecule has 5 N–H and O–H groups in total. The van der Waals surface area contributed by atoms with Gasteiger partial charge in [-0.25, -0.2) is 4.79 Å². The minimum atomic E-state index is -0.411. The molecule has 0 aromatic heterocycles. The molecule has 0 bridgehead atoms. The molecule has 0 aliphatic heterocycles. The summed E-state index contributed by atoms with van der Waals surface area (Å²) in [5, 5.41) is 2.67. The van der Waals surface area contributed by atoms with Gasteiger partial charge >= 0.3 is 6.09 Å². The molecule has 0 aliphatic carbocycles. The zero-order chi connectivity index (χ0) is 13.9. The molecule has 0 heterocycles. The SMILES string of the molecule is NC(N)=NCCCCNC(=O)OCc1ccccc1. The summed E-state index contributed by atoms with van der Waals surface area (Å²) in [7, 11) is 0. The first-order valence-corrected chi connectivity index (χ1v) is 6.18. The molecule has 0 spiro atoms. The summed E-state index contributed by atoms with van der Waals surface area (Å²) in [5.41, 5.74) is 11.3. The molecule has 19 heavy (non-hydrogen) atoms. The first kappa shape index (κ1) is 14.8. The predicted molar refractivity (Wildman–Crippen MR) is 74.5 cm³/mol. The Kier molecular flexibility index (Phi) is 6.86. The molecule has 0 atom stereocenters. The van der Waals surface area contributed by atoms with Crippen molar-refractivity contribution in [1.82, 2.24) is 5.32 Å². The number of ether oxygens (including phenoxy) is 1. The number of hydrogen-bond acceptors (Lipinski definition) is 3. The van der Waals surface area contributed by atoms with E-state index in [1.54, 1.807) is 0 Å². The van der Waals surface area contributed by atoms with Gasteiger partial charge in [0.25, 0.3) is 0 Å². The molecule has 1 rings (SSSR count). The van der Waals surface area contributed by atoms with Crippen LogP contribution in [0.5, 0.6) is 0 Å². The number of amides is 1. The average molecular weight is 264 g/mol. The Balaban J connectivity index is 2.04. The van der Waals surface area contributed by atoms with Crippen LogP contribution in [0.1, 0.15) is 18.4 Å². The Hall–Kier alpha value is -2.24. The van der Waals surface area contributed by atoms with E-state index in [9.17, 15) is 4.79 Å². The summed E-state index contributed by atoms with van der Waals surface area (Å²) in [4.78, 5) is 15.2. The monoisotopic (exact) mass is 264 g/mol. The highest BCUT2D eigenvalue weighted by atomic mass is 16.5. The fourth-order valence-corrected chi connectivity index (χ4v) is 1.41. The Morgan fingerprint density at radius 2 is 1.95 bits per heavy atom. The van der Waals surface area contributed by atoms with Crippen LogP contribution in [0.25, 0.3) is 0 Å². The summed E-state index contributed by atoms with van der Waals surface area (Å²) in [6, 6.07) is 9.53. The second kappa shape index (κ2) is 8.79. The van der Waals surface area contributed by atoms with Gasteiger partial charge in [-0.15, -0.1) is 0 Å². The van der Waals surface area contributed by atoms with Gasteiger partial charge in [0.15, 0.2) is 5.96 Å². The Bertz CT molecular complexity index is 402. The van der Waals surface area contributed by atoms with Crippen molar-refractivity contribution in [2.45, 2.75) is 19.4 Å². The topological polar surface area (TPSA) is 103 Å². The first-order valence-electron chi connectivity index (χ1n) is 6.18. The summed E-state index contributed by atoms with van der Waals surface area (Å²) >= 11 is 0. The maximum Gasteiger partial charge on any atom is 0.407 e. The Morgan fingerprint density at radius 3 is 2.63 bits per heavy atom. The van der Waals surface area contributed by atoms with Crippen LogP contribution in [-0.4, -0.2) is 25.1 Å². The number of benzene rings is 1. The number of carbonyl (C=O) groups is 1. The molecule has 0 aliphatic rings. The molecule has 6 nitrogen and oxygen atoms in total. The van der Waals surface area contributed by atoms with Crippen molar-refractivity contribution in [2.24, 2.45) is 16.5 Å². The van der Waals surface area contributed by atoms with E-state index in [-0.39, 0.29) is 12.6 Å². The highest BCUT2D eigenvalue weighted by Gasteiger charge is 2.01. The summed E-state index contributed by atoms with van der Waals surface area (Å²) in [5.74, 6) is 0.0928. The largest absolute Gasteiger partial charge is 0.445 e. The number of unbranched alkanes of at least 4 members (excludes halogenated alkanes) is 1. The highest BCUT2D eigenvalue weighted by molar-refractivity contribution is 5.75. The number of alkyl carbamates (subject to hydrolysis) is 1. The molecule has 1 aromatic carbocycles. The second-order valence-electron chi connectivity index (χ2n) is 4.00. The second-order valence-corrected chi connectivity index (χ2v) is 4.00. The molecule has 0 saturated heterocycles. The smallest absolute Gasteiger partial charge is 0.407 e. The zero-order valence-corrected chi connectivity index (χ0v) is 10.8. The molecule has 0 saturated carbocycles. The van der Waals surface area contributed by atoms with Crippen molar-refractivity contribution < 1.29 is 9.53 Å². The van der Waals surface area contributed by atoms with Gasteiger partial charge in [-0.1, -0.05) is 30.3 Å². The van der Waals surface area contributed by atoms with Crippen LogP contribution in [0.15, 0.2) is 35.3 Å². The van der Waals surface area contributed by atoms with Gasteiger partial charge in [0.05, 0.1) is 0 Å². The number of nitrogens with two attached hydrogens (primary N) is 2. The minimum absolute atomic E-state index is 0.0928. The lowest BCUT2D eigenvalue weighted by molar-refractivity contribution is 0.139. The lowest BCUT2D eigenvalue weighted by Gasteiger charge is -2.06. The lowest BCUT2D eigenvalue weighted by Crippen LogP contribution is -2.25. The maximum atomic E-state index is 11.4. The van der Waals surface area contributed by atoms with Crippen LogP contribution in [-0.2, 0) is 11.3 Å². The third-order valence-electron chi connectivity index (χ3n) is 2.36. The van der Waals surface area contributed by atoms with Crippen LogP contribution in [0.4, 0.5) is 4.79 Å². The van der Waals surface area contributed by atoms with Crippen LogP contribution in [0.3, 0.4) is 0 Å². The van der Waals surface area contributed by atoms with Crippen LogP contribution in [0, 0.1) is 0 Å². The van der Waals surface area contributed by atoms with Crippen molar-refractivity contribution in [1.29, 1.82) is 0 Å². The number of rotatable bonds is 7. The van der Waals surface area contributed by atoms with Gasteiger partial charge in [-0.3, -0.25) is 4.99 Å². The number of hydrogen-bond donors (Lipinski definition) is 3. The number of aliphatic imine (C=N–C) groups is 1. The minimum Gasteiger partial charge on any atom is -0.445 e. The zero-order valence-electron chi connectivity index (χ0n) is 10.8. The van der Waals surface area contributed by atoms with Crippen molar-refractivity contribution in [3.05, 3.63) is 35.9 Å². The summed E-state index contributed by atoms with van der Waals surface area (Å²) in [6.07, 6.45) is 1.21. The van der Waals surface area contributed by atoms with E-state index >= 15 is 0 Å². The molecular formula is C13H20N4O2. The molecule has 104 valence electrons. The van der Waals surface area contributed by atoms with E-state index in [1.807, 2.05) is 30.3 Å². The number of guanidine groups is 1. The molecule has 0 radical (unpaired) electrons. The average Bonchev–Trinajstić information content (AvgIpc) is 2.41. The van der Waals surface area contributed by atoms with Gasteiger partial charge in [0.2, 0.25) is 0 Å². The molecule has 1 amide bonds. The molecular weight excluding hydrogens is 244 g/mol. The van der Waals surface area contributed by atoms with Crippen molar-refractivity contribution in [3.63, 3.8) is 0 Å². The third kappa shape index (κ3) is 7.64. The Labute approximate surface area is 112 Å². The standard InChI is InChI=1S/C13H20N4O2/c14-12(15)16-8-4-5-9-17-13(18)19-10-11-6-2-1-3-7-11/h1-3,6-7H,4-5,8-10H2,(H,17,18)(H4,14,15,16). The highest BCUT2D eigenvalue weighted by Crippen LogP contribution is 2.00. The van der Waals surface area contributed by atoms with Gasteiger partial charge in [-0.05, 0) is 18.4 Å². The van der Waals surface area contributed by atoms with E-state index in [4.69, 9.17) is 16.2 Å². The van der Waals surface area contributed by atoms with Crippen molar-refractivity contribution in [3.8, 4) is 0 Å². The third-order valence-corrected chi connectivity index (χ3v) is 2.36. The van der Waals surface area contributed by atoms with Crippen LogP contribution in [0.2, 0.25) is 0 Å². The fraction of sp³-hybridized carbons (Fsp3) is 0.385. The molecule has 1 aromatic rings. The van der Waals surface area contributed by atoms with Crippen LogP contribution < -0.4 is 16.8 Å². The van der Waals surface area contributed by atoms with Gasteiger partial charge in [0.1, 0.15) is 6.61 Å². The molecule has 0 fully saturated rings. The molecule has 0 unspecified atom stereocenters. The van der Waals surface area contributed by atoms with Crippen molar-refractivity contribution in [2.75, 3.05) is 13.1 Å². The number of carbonyl (C=O) groups excluding carboxylic acids is 1. The van der Waals surface area contributed by atoms with E-state index in [0.717, 1.165) is 18.4 Å².